The quantitative estimate of drug-likeness (QED) is 0.585. The van der Waals surface area contributed by atoms with E-state index in [0.717, 1.165) is 18.8 Å². The van der Waals surface area contributed by atoms with Crippen molar-refractivity contribution in [1.82, 2.24) is 4.90 Å². The number of carbonyl (C=O) groups excluding carboxylic acids is 1. The third kappa shape index (κ3) is 7.36. The number of rotatable bonds is 9. The first-order valence-corrected chi connectivity index (χ1v) is 12.8. The number of nitrogens with one attached hydrogen (secondary N) is 1. The zero-order valence-corrected chi connectivity index (χ0v) is 19.2. The first-order valence-electron chi connectivity index (χ1n) is 10.9. The van der Waals surface area contributed by atoms with Crippen LogP contribution >= 0.6 is 0 Å². The Kier molecular flexibility index (Phi) is 8.09. The molecule has 1 heterocycles. The smallest absolute Gasteiger partial charge is 0.224 e. The molecular weight excluding hydrogens is 412 g/mol. The van der Waals surface area contributed by atoms with E-state index < -0.39 is 9.84 Å². The second-order valence-corrected chi connectivity index (χ2v) is 10.3. The van der Waals surface area contributed by atoms with E-state index in [1.54, 1.807) is 12.1 Å². The summed E-state index contributed by atoms with van der Waals surface area (Å²) in [6.45, 7) is 4.79. The summed E-state index contributed by atoms with van der Waals surface area (Å²) in [5.74, 6) is 0.542. The normalized spacial score (nSPS) is 17.3. The predicted molar refractivity (Wildman–Crippen MR) is 123 cm³/mol. The van der Waals surface area contributed by atoms with Crippen LogP contribution in [-0.2, 0) is 21.2 Å². The van der Waals surface area contributed by atoms with Crippen LogP contribution in [0, 0.1) is 0 Å². The van der Waals surface area contributed by atoms with Crippen LogP contribution in [0.3, 0.4) is 0 Å². The second-order valence-electron chi connectivity index (χ2n) is 8.26. The molecule has 7 heteroatoms. The van der Waals surface area contributed by atoms with E-state index in [4.69, 9.17) is 4.74 Å². The number of hydrogen-bond donors (Lipinski definition) is 1. The number of anilines is 1. The van der Waals surface area contributed by atoms with Crippen LogP contribution in [0.1, 0.15) is 44.6 Å². The number of ether oxygens (including phenoxy) is 1. The molecule has 1 N–H and O–H groups in total. The van der Waals surface area contributed by atoms with Crippen LogP contribution in [0.15, 0.2) is 53.4 Å². The van der Waals surface area contributed by atoms with Crippen molar-refractivity contribution in [3.63, 3.8) is 0 Å². The van der Waals surface area contributed by atoms with Crippen LogP contribution in [0.2, 0.25) is 0 Å². The second kappa shape index (κ2) is 10.8. The van der Waals surface area contributed by atoms with E-state index in [1.807, 2.05) is 12.1 Å². The van der Waals surface area contributed by atoms with Gasteiger partial charge in [-0.25, -0.2) is 8.42 Å². The molecule has 31 heavy (non-hydrogen) atoms. The number of sulfone groups is 1. The van der Waals surface area contributed by atoms with Crippen molar-refractivity contribution in [2.75, 3.05) is 24.7 Å². The average molecular weight is 445 g/mol. The summed E-state index contributed by atoms with van der Waals surface area (Å²) < 4.78 is 28.5. The monoisotopic (exact) mass is 444 g/mol. The first-order chi connectivity index (χ1) is 14.8. The summed E-state index contributed by atoms with van der Waals surface area (Å²) >= 11 is 0. The highest BCUT2D eigenvalue weighted by atomic mass is 32.2. The lowest BCUT2D eigenvalue weighted by atomic mass is 10.0. The largest absolute Gasteiger partial charge is 0.494 e. The lowest BCUT2D eigenvalue weighted by molar-refractivity contribution is -0.116. The van der Waals surface area contributed by atoms with Crippen LogP contribution in [0.5, 0.6) is 5.75 Å². The average Bonchev–Trinajstić information content (AvgIpc) is 2.74. The third-order valence-electron chi connectivity index (χ3n) is 5.63. The van der Waals surface area contributed by atoms with Gasteiger partial charge in [-0.05, 0) is 74.7 Å². The third-order valence-corrected chi connectivity index (χ3v) is 6.76. The molecule has 0 saturated carbocycles. The lowest BCUT2D eigenvalue weighted by Crippen LogP contribution is -2.36. The van der Waals surface area contributed by atoms with Gasteiger partial charge in [0.25, 0.3) is 0 Å². The molecule has 3 rings (SSSR count). The maximum Gasteiger partial charge on any atom is 0.224 e. The van der Waals surface area contributed by atoms with Crippen LogP contribution < -0.4 is 10.1 Å². The maximum atomic E-state index is 12.2. The van der Waals surface area contributed by atoms with Gasteiger partial charge >= 0.3 is 0 Å². The Hall–Kier alpha value is -2.38. The summed E-state index contributed by atoms with van der Waals surface area (Å²) in [6, 6.07) is 15.0. The van der Waals surface area contributed by atoms with Crippen molar-refractivity contribution < 1.29 is 17.9 Å². The molecule has 6 nitrogen and oxygen atoms in total. The topological polar surface area (TPSA) is 75.7 Å². The molecule has 1 aliphatic rings. The molecule has 2 aromatic rings. The van der Waals surface area contributed by atoms with E-state index in [2.05, 4.69) is 29.3 Å². The van der Waals surface area contributed by atoms with Gasteiger partial charge in [0.2, 0.25) is 5.91 Å². The van der Waals surface area contributed by atoms with Crippen molar-refractivity contribution in [2.45, 2.75) is 56.5 Å². The van der Waals surface area contributed by atoms with Crippen molar-refractivity contribution in [2.24, 2.45) is 0 Å². The number of amides is 1. The number of hydrogen-bond acceptors (Lipinski definition) is 5. The van der Waals surface area contributed by atoms with Gasteiger partial charge in [0.15, 0.2) is 9.84 Å². The zero-order valence-electron chi connectivity index (χ0n) is 18.3. The van der Waals surface area contributed by atoms with Gasteiger partial charge < -0.3 is 10.1 Å². The molecule has 0 aliphatic carbocycles. The highest BCUT2D eigenvalue weighted by molar-refractivity contribution is 7.90. The number of nitrogens with zero attached hydrogens (tertiary/aromatic N) is 1. The molecule has 0 radical (unpaired) electrons. The molecule has 0 bridgehead atoms. The number of piperidine rings is 1. The van der Waals surface area contributed by atoms with Crippen molar-refractivity contribution >= 4 is 21.4 Å². The van der Waals surface area contributed by atoms with Gasteiger partial charge in [-0.1, -0.05) is 18.6 Å². The van der Waals surface area contributed by atoms with E-state index in [0.29, 0.717) is 31.2 Å². The number of benzene rings is 2. The van der Waals surface area contributed by atoms with E-state index in [-0.39, 0.29) is 10.8 Å². The molecule has 1 amide bonds. The van der Waals surface area contributed by atoms with Gasteiger partial charge in [0, 0.05) is 31.0 Å². The summed E-state index contributed by atoms with van der Waals surface area (Å²) in [5, 5.41) is 2.93. The minimum Gasteiger partial charge on any atom is -0.494 e. The molecule has 1 saturated heterocycles. The molecule has 1 aliphatic heterocycles. The van der Waals surface area contributed by atoms with Crippen molar-refractivity contribution in [3.8, 4) is 5.75 Å². The summed E-state index contributed by atoms with van der Waals surface area (Å²) in [4.78, 5) is 15.0. The Balaban J connectivity index is 1.37. The zero-order chi connectivity index (χ0) is 22.3. The lowest BCUT2D eigenvalue weighted by Gasteiger charge is -2.33. The maximum absolute atomic E-state index is 12.2. The minimum atomic E-state index is -3.21. The first kappa shape index (κ1) is 23.3. The van der Waals surface area contributed by atoms with Gasteiger partial charge in [0.1, 0.15) is 5.75 Å². The Labute approximate surface area is 185 Å². The van der Waals surface area contributed by atoms with Gasteiger partial charge in [-0.3, -0.25) is 9.69 Å². The molecule has 168 valence electrons. The molecule has 0 aromatic heterocycles. The molecule has 1 atom stereocenters. The summed E-state index contributed by atoms with van der Waals surface area (Å²) in [7, 11) is -3.21. The highest BCUT2D eigenvalue weighted by Gasteiger charge is 2.18. The number of likely N-dealkylation sites (tertiary alicyclic amines) is 1. The van der Waals surface area contributed by atoms with Gasteiger partial charge in [-0.15, -0.1) is 0 Å². The predicted octanol–water partition coefficient (Wildman–Crippen LogP) is 4.26. The standard InChI is InChI=1S/C24H32N2O4S/c1-19-6-3-4-16-26(19)18-20-8-10-21(11-9-20)25-24(27)7-5-17-30-22-12-14-23(15-13-22)31(2,28)29/h8-15,19H,3-7,16-18H2,1-2H3,(H,25,27). The van der Waals surface area contributed by atoms with E-state index in [9.17, 15) is 13.2 Å². The van der Waals surface area contributed by atoms with Crippen LogP contribution in [0.4, 0.5) is 5.69 Å². The molecule has 0 spiro atoms. The molecule has 1 fully saturated rings. The van der Waals surface area contributed by atoms with Gasteiger partial charge in [0.05, 0.1) is 11.5 Å². The minimum absolute atomic E-state index is 0.0478. The van der Waals surface area contributed by atoms with E-state index in [1.165, 1.54) is 43.2 Å². The van der Waals surface area contributed by atoms with Crippen LogP contribution in [0.25, 0.3) is 0 Å². The fourth-order valence-electron chi connectivity index (χ4n) is 3.75. The van der Waals surface area contributed by atoms with Crippen molar-refractivity contribution in [1.29, 1.82) is 0 Å². The summed E-state index contributed by atoms with van der Waals surface area (Å²) in [6.07, 6.45) is 5.96. The van der Waals surface area contributed by atoms with Crippen LogP contribution in [-0.4, -0.2) is 44.7 Å². The Morgan fingerprint density at radius 3 is 2.45 bits per heavy atom. The Morgan fingerprint density at radius 1 is 1.10 bits per heavy atom. The molecular formula is C24H32N2O4S. The Bertz CT molecular complexity index is 956. The number of carbonyl (C=O) groups is 1. The van der Waals surface area contributed by atoms with E-state index >= 15 is 0 Å². The summed E-state index contributed by atoms with van der Waals surface area (Å²) in [5.41, 5.74) is 2.07. The fourth-order valence-corrected chi connectivity index (χ4v) is 4.38. The van der Waals surface area contributed by atoms with Gasteiger partial charge in [-0.2, -0.15) is 0 Å². The highest BCUT2D eigenvalue weighted by Crippen LogP contribution is 2.20. The Morgan fingerprint density at radius 2 is 1.81 bits per heavy atom. The SMILES string of the molecule is CC1CCCCN1Cc1ccc(NC(=O)CCCOc2ccc(S(C)(=O)=O)cc2)cc1. The fraction of sp³-hybridized carbons (Fsp3) is 0.458. The molecule has 2 aromatic carbocycles. The van der Waals surface area contributed by atoms with Crippen molar-refractivity contribution in [3.05, 3.63) is 54.1 Å². The molecule has 1 unspecified atom stereocenters.